The Morgan fingerprint density at radius 2 is 1.44 bits per heavy atom. The first-order valence-electron chi connectivity index (χ1n) is 9.82. The van der Waals surface area contributed by atoms with Crippen molar-refractivity contribution in [1.82, 2.24) is 0 Å². The van der Waals surface area contributed by atoms with Gasteiger partial charge in [0, 0.05) is 26.9 Å². The highest BCUT2D eigenvalue weighted by molar-refractivity contribution is 8.00. The summed E-state index contributed by atoms with van der Waals surface area (Å²) in [4.78, 5) is 36.7. The third-order valence-electron chi connectivity index (χ3n) is 4.54. The number of benzene rings is 3. The number of rotatable bonds is 8. The summed E-state index contributed by atoms with van der Waals surface area (Å²) in [7, 11) is 0. The minimum atomic E-state index is -0.517. The van der Waals surface area contributed by atoms with Crippen molar-refractivity contribution in [3.05, 3.63) is 88.9 Å². The Labute approximate surface area is 195 Å². The summed E-state index contributed by atoms with van der Waals surface area (Å²) >= 11 is 7.26. The maximum Gasteiger partial charge on any atom is 0.248 e. The van der Waals surface area contributed by atoms with E-state index in [1.807, 2.05) is 24.3 Å². The van der Waals surface area contributed by atoms with Crippen LogP contribution in [0.3, 0.4) is 0 Å². The van der Waals surface area contributed by atoms with Gasteiger partial charge in [-0.2, -0.15) is 0 Å². The van der Waals surface area contributed by atoms with E-state index in [0.29, 0.717) is 22.0 Å². The molecule has 0 radical (unpaired) electrons. The van der Waals surface area contributed by atoms with Crippen molar-refractivity contribution < 1.29 is 14.4 Å². The van der Waals surface area contributed by atoms with Gasteiger partial charge < -0.3 is 16.4 Å². The van der Waals surface area contributed by atoms with Crippen LogP contribution in [0.15, 0.2) is 77.7 Å². The summed E-state index contributed by atoms with van der Waals surface area (Å²) in [6.45, 7) is 1.81. The summed E-state index contributed by atoms with van der Waals surface area (Å²) in [6.07, 6.45) is 0.255. The first-order valence-corrected chi connectivity index (χ1v) is 11.1. The molecule has 0 saturated heterocycles. The molecule has 0 heterocycles. The zero-order chi connectivity index (χ0) is 23.1. The summed E-state index contributed by atoms with van der Waals surface area (Å²) in [5.41, 5.74) is 7.75. The number of carbonyl (C=O) groups excluding carboxylic acids is 3. The van der Waals surface area contributed by atoms with Crippen LogP contribution in [0.1, 0.15) is 22.8 Å². The normalized spacial score (nSPS) is 11.4. The lowest BCUT2D eigenvalue weighted by molar-refractivity contribution is -0.116. The molecule has 3 aromatic carbocycles. The first kappa shape index (κ1) is 23.4. The zero-order valence-corrected chi connectivity index (χ0v) is 18.9. The van der Waals surface area contributed by atoms with Gasteiger partial charge >= 0.3 is 0 Å². The summed E-state index contributed by atoms with van der Waals surface area (Å²) in [5, 5.41) is 5.96. The topological polar surface area (TPSA) is 101 Å². The fourth-order valence-electron chi connectivity index (χ4n) is 2.83. The molecule has 164 valence electrons. The minimum absolute atomic E-state index is 0.122. The standard InChI is InChI=1S/C24H22ClN3O3S/c1-15(24(31)28-20-8-4-17(5-9-20)23(26)30)32-21-12-10-19(11-13-21)27-22(29)14-16-2-6-18(25)7-3-16/h2-13,15H,14H2,1H3,(H2,26,30)(H,27,29)(H,28,31). The highest BCUT2D eigenvalue weighted by atomic mass is 35.5. The molecule has 0 aliphatic heterocycles. The van der Waals surface area contributed by atoms with Gasteiger partial charge in [-0.15, -0.1) is 11.8 Å². The largest absolute Gasteiger partial charge is 0.366 e. The molecule has 1 unspecified atom stereocenters. The van der Waals surface area contributed by atoms with Crippen LogP contribution in [0.2, 0.25) is 5.02 Å². The fraction of sp³-hybridized carbons (Fsp3) is 0.125. The molecule has 3 rings (SSSR count). The summed E-state index contributed by atoms with van der Waals surface area (Å²) < 4.78 is 0. The minimum Gasteiger partial charge on any atom is -0.366 e. The SMILES string of the molecule is CC(Sc1ccc(NC(=O)Cc2ccc(Cl)cc2)cc1)C(=O)Nc1ccc(C(N)=O)cc1. The van der Waals surface area contributed by atoms with Crippen LogP contribution >= 0.6 is 23.4 Å². The van der Waals surface area contributed by atoms with Crippen molar-refractivity contribution in [2.75, 3.05) is 10.6 Å². The van der Waals surface area contributed by atoms with E-state index in [-0.39, 0.29) is 23.5 Å². The van der Waals surface area contributed by atoms with Gasteiger partial charge in [-0.25, -0.2) is 0 Å². The van der Waals surface area contributed by atoms with Crippen LogP contribution in [-0.2, 0) is 16.0 Å². The van der Waals surface area contributed by atoms with Gasteiger partial charge in [0.25, 0.3) is 0 Å². The number of primary amides is 1. The van der Waals surface area contributed by atoms with Gasteiger partial charge in [-0.1, -0.05) is 23.7 Å². The number of thioether (sulfide) groups is 1. The van der Waals surface area contributed by atoms with E-state index in [0.717, 1.165) is 10.5 Å². The number of nitrogens with two attached hydrogens (primary N) is 1. The Morgan fingerprint density at radius 3 is 2.03 bits per heavy atom. The molecule has 3 aromatic rings. The predicted octanol–water partition coefficient (Wildman–Crippen LogP) is 4.74. The maximum absolute atomic E-state index is 12.5. The molecule has 6 nitrogen and oxygen atoms in total. The Bertz CT molecular complexity index is 1100. The number of amides is 3. The molecule has 0 spiro atoms. The number of hydrogen-bond donors (Lipinski definition) is 3. The van der Waals surface area contributed by atoms with Gasteiger partial charge in [0.2, 0.25) is 17.7 Å². The highest BCUT2D eigenvalue weighted by Gasteiger charge is 2.15. The quantitative estimate of drug-likeness (QED) is 0.416. The average molecular weight is 468 g/mol. The molecular weight excluding hydrogens is 446 g/mol. The predicted molar refractivity (Wildman–Crippen MR) is 129 cm³/mol. The summed E-state index contributed by atoms with van der Waals surface area (Å²) in [5.74, 6) is -0.804. The highest BCUT2D eigenvalue weighted by Crippen LogP contribution is 2.26. The lowest BCUT2D eigenvalue weighted by Gasteiger charge is -2.13. The van der Waals surface area contributed by atoms with Crippen LogP contribution in [0.5, 0.6) is 0 Å². The third-order valence-corrected chi connectivity index (χ3v) is 5.90. The van der Waals surface area contributed by atoms with Crippen LogP contribution in [0.25, 0.3) is 0 Å². The summed E-state index contributed by atoms with van der Waals surface area (Å²) in [6, 6.07) is 20.9. The van der Waals surface area contributed by atoms with Crippen molar-refractivity contribution in [2.24, 2.45) is 5.73 Å². The van der Waals surface area contributed by atoms with Crippen molar-refractivity contribution in [3.63, 3.8) is 0 Å². The second kappa shape index (κ2) is 10.8. The van der Waals surface area contributed by atoms with E-state index in [1.54, 1.807) is 55.5 Å². The molecule has 0 aliphatic rings. The molecule has 1 atom stereocenters. The second-order valence-corrected chi connectivity index (χ2v) is 8.92. The molecule has 4 N–H and O–H groups in total. The maximum atomic E-state index is 12.5. The van der Waals surface area contributed by atoms with Gasteiger partial charge in [0.1, 0.15) is 0 Å². The molecule has 8 heteroatoms. The van der Waals surface area contributed by atoms with Crippen LogP contribution in [-0.4, -0.2) is 23.0 Å². The fourth-order valence-corrected chi connectivity index (χ4v) is 3.82. The number of carbonyl (C=O) groups is 3. The molecular formula is C24H22ClN3O3S. The van der Waals surface area contributed by atoms with Crippen molar-refractivity contribution in [3.8, 4) is 0 Å². The monoisotopic (exact) mass is 467 g/mol. The van der Waals surface area contributed by atoms with Crippen molar-refractivity contribution >= 4 is 52.5 Å². The number of hydrogen-bond acceptors (Lipinski definition) is 4. The number of anilines is 2. The molecule has 3 amide bonds. The average Bonchev–Trinajstić information content (AvgIpc) is 2.77. The van der Waals surface area contributed by atoms with Crippen LogP contribution in [0, 0.1) is 0 Å². The molecule has 0 aromatic heterocycles. The molecule has 0 saturated carbocycles. The van der Waals surface area contributed by atoms with Gasteiger partial charge in [-0.05, 0) is 73.2 Å². The van der Waals surface area contributed by atoms with Gasteiger partial charge in [0.05, 0.1) is 11.7 Å². The van der Waals surface area contributed by atoms with Crippen LogP contribution < -0.4 is 16.4 Å². The van der Waals surface area contributed by atoms with E-state index in [9.17, 15) is 14.4 Å². The number of halogens is 1. The van der Waals surface area contributed by atoms with E-state index >= 15 is 0 Å². The molecule has 0 aliphatic carbocycles. The lowest BCUT2D eigenvalue weighted by atomic mass is 10.1. The van der Waals surface area contributed by atoms with Gasteiger partial charge in [0.15, 0.2) is 0 Å². The zero-order valence-electron chi connectivity index (χ0n) is 17.3. The Balaban J connectivity index is 1.50. The molecule has 32 heavy (non-hydrogen) atoms. The Hall–Kier alpha value is -3.29. The van der Waals surface area contributed by atoms with Crippen molar-refractivity contribution in [2.45, 2.75) is 23.5 Å². The smallest absolute Gasteiger partial charge is 0.248 e. The number of nitrogens with one attached hydrogen (secondary N) is 2. The Morgan fingerprint density at radius 1 is 0.875 bits per heavy atom. The molecule has 0 bridgehead atoms. The Kier molecular flexibility index (Phi) is 7.92. The first-order chi connectivity index (χ1) is 15.3. The van der Waals surface area contributed by atoms with Crippen molar-refractivity contribution in [1.29, 1.82) is 0 Å². The lowest BCUT2D eigenvalue weighted by Crippen LogP contribution is -2.22. The van der Waals surface area contributed by atoms with E-state index in [4.69, 9.17) is 17.3 Å². The van der Waals surface area contributed by atoms with Gasteiger partial charge in [-0.3, -0.25) is 14.4 Å². The van der Waals surface area contributed by atoms with E-state index < -0.39 is 5.91 Å². The van der Waals surface area contributed by atoms with E-state index in [1.165, 1.54) is 11.8 Å². The van der Waals surface area contributed by atoms with E-state index in [2.05, 4.69) is 10.6 Å². The third kappa shape index (κ3) is 6.87. The van der Waals surface area contributed by atoms with Crippen LogP contribution in [0.4, 0.5) is 11.4 Å². The second-order valence-electron chi connectivity index (χ2n) is 7.07. The molecule has 0 fully saturated rings.